The Kier molecular flexibility index (Phi) is 6.03. The molecule has 108 valence electrons. The zero-order valence-corrected chi connectivity index (χ0v) is 13.4. The Morgan fingerprint density at radius 3 is 2.53 bits per heavy atom. The van der Waals surface area contributed by atoms with Crippen molar-refractivity contribution >= 4 is 5.78 Å². The highest BCUT2D eigenvalue weighted by Crippen LogP contribution is 2.42. The van der Waals surface area contributed by atoms with Crippen LogP contribution in [0.5, 0.6) is 0 Å². The van der Waals surface area contributed by atoms with Crippen LogP contribution in [-0.2, 0) is 4.79 Å². The molecule has 0 saturated carbocycles. The molecule has 1 aliphatic carbocycles. The van der Waals surface area contributed by atoms with Gasteiger partial charge in [-0.25, -0.2) is 0 Å². The summed E-state index contributed by atoms with van der Waals surface area (Å²) in [7, 11) is 0. The molecule has 1 rings (SSSR count). The van der Waals surface area contributed by atoms with E-state index in [2.05, 4.69) is 33.8 Å². The van der Waals surface area contributed by atoms with Gasteiger partial charge in [-0.1, -0.05) is 36.6 Å². The summed E-state index contributed by atoms with van der Waals surface area (Å²) in [6.07, 6.45) is 10.1. The van der Waals surface area contributed by atoms with E-state index in [9.17, 15) is 4.79 Å². The highest BCUT2D eigenvalue weighted by molar-refractivity contribution is 5.75. The average Bonchev–Trinajstić information content (AvgIpc) is 2.26. The van der Waals surface area contributed by atoms with Gasteiger partial charge in [0.25, 0.3) is 0 Å². The Balaban J connectivity index is 2.53. The van der Waals surface area contributed by atoms with Crippen molar-refractivity contribution in [3.8, 4) is 0 Å². The lowest BCUT2D eigenvalue weighted by Crippen LogP contribution is -2.20. The zero-order valence-electron chi connectivity index (χ0n) is 13.4. The van der Waals surface area contributed by atoms with E-state index < -0.39 is 0 Å². The molecular weight excluding hydrogens is 232 g/mol. The van der Waals surface area contributed by atoms with Gasteiger partial charge in [-0.05, 0) is 64.7 Å². The summed E-state index contributed by atoms with van der Waals surface area (Å²) in [5.41, 5.74) is 5.12. The van der Waals surface area contributed by atoms with Gasteiger partial charge < -0.3 is 4.79 Å². The van der Waals surface area contributed by atoms with E-state index in [4.69, 9.17) is 0 Å². The number of Topliss-reactive ketones (excluding diaryl/α,β-unsaturated/α-hetero) is 1. The molecule has 1 heteroatoms. The summed E-state index contributed by atoms with van der Waals surface area (Å²) in [4.78, 5) is 10.9. The summed E-state index contributed by atoms with van der Waals surface area (Å²) < 4.78 is 0. The molecule has 0 fully saturated rings. The van der Waals surface area contributed by atoms with Crippen LogP contribution in [0.1, 0.15) is 79.6 Å². The maximum atomic E-state index is 10.9. The fraction of sp³-hybridized carbons (Fsp3) is 0.722. The van der Waals surface area contributed by atoms with Crippen LogP contribution in [0, 0.1) is 5.41 Å². The number of rotatable bonds is 6. The third-order valence-electron chi connectivity index (χ3n) is 4.44. The van der Waals surface area contributed by atoms with Gasteiger partial charge in [-0.2, -0.15) is 0 Å². The number of allylic oxidation sites excluding steroid dienone is 4. The van der Waals surface area contributed by atoms with Crippen molar-refractivity contribution in [1.29, 1.82) is 0 Å². The van der Waals surface area contributed by atoms with Gasteiger partial charge in [-0.3, -0.25) is 0 Å². The Morgan fingerprint density at radius 2 is 1.95 bits per heavy atom. The molecule has 0 aromatic rings. The van der Waals surface area contributed by atoms with Crippen molar-refractivity contribution in [2.24, 2.45) is 5.41 Å². The molecule has 1 nitrogen and oxygen atoms in total. The minimum atomic E-state index is 0.288. The zero-order chi connectivity index (χ0) is 14.5. The van der Waals surface area contributed by atoms with Crippen molar-refractivity contribution < 1.29 is 4.79 Å². The van der Waals surface area contributed by atoms with Crippen molar-refractivity contribution in [3.05, 3.63) is 22.8 Å². The highest BCUT2D eigenvalue weighted by atomic mass is 16.1. The van der Waals surface area contributed by atoms with Crippen LogP contribution in [0.3, 0.4) is 0 Å². The first-order valence-corrected chi connectivity index (χ1v) is 7.67. The largest absolute Gasteiger partial charge is 0.300 e. The molecule has 0 heterocycles. The van der Waals surface area contributed by atoms with E-state index in [0.29, 0.717) is 11.8 Å². The van der Waals surface area contributed by atoms with Crippen molar-refractivity contribution in [2.75, 3.05) is 0 Å². The average molecular weight is 262 g/mol. The molecule has 0 unspecified atom stereocenters. The Bertz CT molecular complexity index is 382. The summed E-state index contributed by atoms with van der Waals surface area (Å²) >= 11 is 0. The first-order chi connectivity index (χ1) is 8.83. The van der Waals surface area contributed by atoms with Gasteiger partial charge >= 0.3 is 0 Å². The summed E-state index contributed by atoms with van der Waals surface area (Å²) in [5, 5.41) is 0. The number of hydrogen-bond acceptors (Lipinski definition) is 1. The van der Waals surface area contributed by atoms with E-state index in [1.54, 1.807) is 18.1 Å². The number of ketones is 1. The van der Waals surface area contributed by atoms with Gasteiger partial charge in [0, 0.05) is 6.42 Å². The second kappa shape index (κ2) is 7.07. The third-order valence-corrected chi connectivity index (χ3v) is 4.44. The fourth-order valence-electron chi connectivity index (χ4n) is 3.17. The van der Waals surface area contributed by atoms with Crippen LogP contribution in [-0.4, -0.2) is 5.78 Å². The molecule has 0 aromatic carbocycles. The highest BCUT2D eigenvalue weighted by Gasteiger charge is 2.27. The molecule has 0 radical (unpaired) electrons. The van der Waals surface area contributed by atoms with Crippen molar-refractivity contribution in [2.45, 2.75) is 79.6 Å². The first kappa shape index (κ1) is 16.2. The lowest BCUT2D eigenvalue weighted by molar-refractivity contribution is -0.116. The topological polar surface area (TPSA) is 17.1 Å². The second-order valence-corrected chi connectivity index (χ2v) is 6.79. The Hall–Kier alpha value is -0.850. The predicted octanol–water partition coefficient (Wildman–Crippen LogP) is 5.61. The maximum Gasteiger partial charge on any atom is 0.130 e. The van der Waals surface area contributed by atoms with E-state index in [1.807, 2.05) is 0 Å². The van der Waals surface area contributed by atoms with Crippen LogP contribution < -0.4 is 0 Å². The molecule has 19 heavy (non-hydrogen) atoms. The molecule has 1 aliphatic rings. The molecule has 0 aliphatic heterocycles. The van der Waals surface area contributed by atoms with E-state index in [1.165, 1.54) is 31.3 Å². The number of carbonyl (C=O) groups excluding carboxylic acids is 1. The molecule has 0 amide bonds. The van der Waals surface area contributed by atoms with Crippen LogP contribution >= 0.6 is 0 Å². The molecule has 0 saturated heterocycles. The first-order valence-electron chi connectivity index (χ1n) is 7.67. The predicted molar refractivity (Wildman–Crippen MR) is 83.2 cm³/mol. The number of carbonyl (C=O) groups is 1. The van der Waals surface area contributed by atoms with Crippen molar-refractivity contribution in [3.63, 3.8) is 0 Å². The third kappa shape index (κ3) is 5.34. The number of hydrogen-bond donors (Lipinski definition) is 0. The normalized spacial score (nSPS) is 19.7. The molecule has 0 N–H and O–H groups in total. The van der Waals surface area contributed by atoms with Crippen LogP contribution in [0.25, 0.3) is 0 Å². The minimum absolute atomic E-state index is 0.288. The SMILES string of the molecule is CC(=O)CC/C=C(\C)CCC1=C(C)CCCC1(C)C. The molecule has 0 aromatic heterocycles. The molecule has 0 spiro atoms. The lowest BCUT2D eigenvalue weighted by atomic mass is 9.71. The van der Waals surface area contributed by atoms with Crippen molar-refractivity contribution in [1.82, 2.24) is 0 Å². The van der Waals surface area contributed by atoms with Gasteiger partial charge in [0.15, 0.2) is 0 Å². The lowest BCUT2D eigenvalue weighted by Gasteiger charge is -2.35. The summed E-state index contributed by atoms with van der Waals surface area (Å²) in [6.45, 7) is 11.0. The quantitative estimate of drug-likeness (QED) is 0.569. The smallest absolute Gasteiger partial charge is 0.130 e. The fourth-order valence-corrected chi connectivity index (χ4v) is 3.17. The van der Waals surface area contributed by atoms with Crippen LogP contribution in [0.2, 0.25) is 0 Å². The summed E-state index contributed by atoms with van der Waals surface area (Å²) in [5.74, 6) is 0.288. The van der Waals surface area contributed by atoms with E-state index in [-0.39, 0.29) is 5.78 Å². The summed E-state index contributed by atoms with van der Waals surface area (Å²) in [6, 6.07) is 0. The molecule has 0 bridgehead atoms. The van der Waals surface area contributed by atoms with E-state index >= 15 is 0 Å². The standard InChI is InChI=1S/C18H30O/c1-14(8-6-10-16(3)19)11-12-17-15(2)9-7-13-18(17,4)5/h8H,6-7,9-13H2,1-5H3/b14-8+. The van der Waals surface area contributed by atoms with Crippen LogP contribution in [0.4, 0.5) is 0 Å². The second-order valence-electron chi connectivity index (χ2n) is 6.79. The molecular formula is C18H30O. The van der Waals surface area contributed by atoms with Gasteiger partial charge in [0.2, 0.25) is 0 Å². The van der Waals surface area contributed by atoms with Gasteiger partial charge in [0.05, 0.1) is 0 Å². The van der Waals surface area contributed by atoms with E-state index in [0.717, 1.165) is 12.8 Å². The monoisotopic (exact) mass is 262 g/mol. The molecule has 0 atom stereocenters. The Morgan fingerprint density at radius 1 is 1.26 bits per heavy atom. The maximum absolute atomic E-state index is 10.9. The van der Waals surface area contributed by atoms with Gasteiger partial charge in [-0.15, -0.1) is 0 Å². The van der Waals surface area contributed by atoms with Gasteiger partial charge in [0.1, 0.15) is 5.78 Å². The minimum Gasteiger partial charge on any atom is -0.300 e. The van der Waals surface area contributed by atoms with Crippen LogP contribution in [0.15, 0.2) is 22.8 Å². The Labute approximate surface area is 119 Å².